The lowest BCUT2D eigenvalue weighted by atomic mass is 9.98. The minimum absolute atomic E-state index is 0.0228. The van der Waals surface area contributed by atoms with E-state index in [4.69, 9.17) is 26.1 Å². The Labute approximate surface area is 178 Å². The molecule has 4 rings (SSSR count). The molecule has 0 spiro atoms. The second-order valence-electron chi connectivity index (χ2n) is 8.74. The van der Waals surface area contributed by atoms with E-state index >= 15 is 0 Å². The molecule has 2 heterocycles. The number of nitrogens with two attached hydrogens (primary N) is 2. The molecule has 1 aromatic heterocycles. The van der Waals surface area contributed by atoms with Crippen LogP contribution in [0, 0.1) is 12.8 Å². The SMILES string of the molecule is Cc1nc(/C(N)=C(\CC2=NC(CC3CC3)NO2)N(C)N)ccc1OC1CCCCC1. The van der Waals surface area contributed by atoms with Gasteiger partial charge < -0.3 is 20.3 Å². The van der Waals surface area contributed by atoms with E-state index in [1.54, 1.807) is 7.05 Å². The van der Waals surface area contributed by atoms with E-state index in [1.807, 2.05) is 19.1 Å². The number of aryl methyl sites for hydroxylation is 1. The molecule has 5 N–H and O–H groups in total. The highest BCUT2D eigenvalue weighted by Gasteiger charge is 2.29. The Morgan fingerprint density at radius 1 is 1.23 bits per heavy atom. The van der Waals surface area contributed by atoms with Gasteiger partial charge in [-0.3, -0.25) is 0 Å². The van der Waals surface area contributed by atoms with Gasteiger partial charge in [0.15, 0.2) is 0 Å². The van der Waals surface area contributed by atoms with Crippen LogP contribution in [-0.2, 0) is 4.84 Å². The van der Waals surface area contributed by atoms with E-state index in [1.165, 1.54) is 37.1 Å². The van der Waals surface area contributed by atoms with E-state index < -0.39 is 0 Å². The highest BCUT2D eigenvalue weighted by molar-refractivity contribution is 5.82. The quantitative estimate of drug-likeness (QED) is 0.443. The molecule has 8 nitrogen and oxygen atoms in total. The maximum absolute atomic E-state index is 6.47. The third-order valence-corrected chi connectivity index (χ3v) is 6.08. The fourth-order valence-corrected chi connectivity index (χ4v) is 4.10. The van der Waals surface area contributed by atoms with Gasteiger partial charge in [0.1, 0.15) is 11.9 Å². The van der Waals surface area contributed by atoms with Gasteiger partial charge in [0.25, 0.3) is 0 Å². The average molecular weight is 415 g/mol. The van der Waals surface area contributed by atoms with Crippen LogP contribution in [0.4, 0.5) is 0 Å². The third kappa shape index (κ3) is 5.23. The van der Waals surface area contributed by atoms with E-state index in [9.17, 15) is 0 Å². The topological polar surface area (TPSA) is 111 Å². The summed E-state index contributed by atoms with van der Waals surface area (Å²) in [6.07, 6.45) is 10.3. The zero-order valence-corrected chi connectivity index (χ0v) is 18.1. The van der Waals surface area contributed by atoms with Crippen LogP contribution in [0.5, 0.6) is 5.75 Å². The van der Waals surface area contributed by atoms with Crippen LogP contribution in [0.2, 0.25) is 0 Å². The number of hydroxylamine groups is 1. The van der Waals surface area contributed by atoms with Crippen LogP contribution in [0.25, 0.3) is 5.70 Å². The predicted octanol–water partition coefficient (Wildman–Crippen LogP) is 2.98. The smallest absolute Gasteiger partial charge is 0.217 e. The molecule has 1 aliphatic heterocycles. The number of nitrogens with one attached hydrogen (secondary N) is 1. The normalized spacial score (nSPS) is 22.9. The molecule has 2 saturated carbocycles. The maximum atomic E-state index is 6.47. The van der Waals surface area contributed by atoms with Crippen LogP contribution in [0.3, 0.4) is 0 Å². The lowest BCUT2D eigenvalue weighted by molar-refractivity contribution is 0.153. The number of hydrogen-bond donors (Lipinski definition) is 3. The highest BCUT2D eigenvalue weighted by Crippen LogP contribution is 2.34. The zero-order chi connectivity index (χ0) is 21.1. The van der Waals surface area contributed by atoms with Crippen molar-refractivity contribution in [3.8, 4) is 5.75 Å². The van der Waals surface area contributed by atoms with Crippen molar-refractivity contribution in [2.45, 2.75) is 77.0 Å². The predicted molar refractivity (Wildman–Crippen MR) is 117 cm³/mol. The summed E-state index contributed by atoms with van der Waals surface area (Å²) in [6, 6.07) is 3.86. The molecule has 30 heavy (non-hydrogen) atoms. The molecule has 164 valence electrons. The number of pyridine rings is 1. The van der Waals surface area contributed by atoms with E-state index in [2.05, 4.69) is 10.5 Å². The zero-order valence-electron chi connectivity index (χ0n) is 18.1. The van der Waals surface area contributed by atoms with Crippen LogP contribution in [-0.4, -0.2) is 35.2 Å². The van der Waals surface area contributed by atoms with Crippen LogP contribution in [0.1, 0.15) is 69.2 Å². The fourth-order valence-electron chi connectivity index (χ4n) is 4.10. The van der Waals surface area contributed by atoms with Crippen molar-refractivity contribution < 1.29 is 9.57 Å². The maximum Gasteiger partial charge on any atom is 0.217 e. The Bertz CT molecular complexity index is 812. The second-order valence-corrected chi connectivity index (χ2v) is 8.74. The first kappa shape index (κ1) is 20.9. The van der Waals surface area contributed by atoms with Gasteiger partial charge >= 0.3 is 0 Å². The molecule has 0 radical (unpaired) electrons. The molecule has 0 saturated heterocycles. The van der Waals surface area contributed by atoms with Gasteiger partial charge in [-0.1, -0.05) is 19.3 Å². The number of aromatic nitrogens is 1. The molecule has 1 unspecified atom stereocenters. The molecule has 2 fully saturated rings. The van der Waals surface area contributed by atoms with E-state index in [0.717, 1.165) is 42.3 Å². The van der Waals surface area contributed by atoms with Crippen molar-refractivity contribution in [2.75, 3.05) is 7.05 Å². The second kappa shape index (κ2) is 9.22. The van der Waals surface area contributed by atoms with Crippen molar-refractivity contribution in [3.63, 3.8) is 0 Å². The minimum atomic E-state index is 0.0228. The Kier molecular flexibility index (Phi) is 6.43. The van der Waals surface area contributed by atoms with Crippen molar-refractivity contribution in [3.05, 3.63) is 29.2 Å². The molecule has 0 bridgehead atoms. The summed E-state index contributed by atoms with van der Waals surface area (Å²) >= 11 is 0. The summed E-state index contributed by atoms with van der Waals surface area (Å²) in [5.41, 5.74) is 12.2. The fraction of sp³-hybridized carbons (Fsp3) is 0.636. The number of aliphatic imine (C=N–C) groups is 1. The van der Waals surface area contributed by atoms with Gasteiger partial charge in [0.2, 0.25) is 5.90 Å². The van der Waals surface area contributed by atoms with E-state index in [-0.39, 0.29) is 12.3 Å². The van der Waals surface area contributed by atoms with Gasteiger partial charge in [-0.05, 0) is 57.1 Å². The van der Waals surface area contributed by atoms with Gasteiger partial charge in [-0.2, -0.15) is 0 Å². The first-order chi connectivity index (χ1) is 14.5. The largest absolute Gasteiger partial charge is 0.489 e. The summed E-state index contributed by atoms with van der Waals surface area (Å²) in [5, 5.41) is 1.51. The molecule has 0 amide bonds. The van der Waals surface area contributed by atoms with Gasteiger partial charge in [0, 0.05) is 7.05 Å². The van der Waals surface area contributed by atoms with Crippen LogP contribution < -0.4 is 21.8 Å². The molecule has 2 aliphatic carbocycles. The molecule has 3 aliphatic rings. The standard InChI is InChI=1S/C22H34N6O2/c1-14-19(29-16-6-4-3-5-7-16)11-10-17(25-14)22(23)18(28(2)24)13-21-26-20(27-30-21)12-15-8-9-15/h10-11,15-16,20,27H,3-9,12-13,23-24H2,1-2H3/b22-18-. The molecule has 0 aromatic carbocycles. The number of hydrogen-bond acceptors (Lipinski definition) is 8. The van der Waals surface area contributed by atoms with Crippen LogP contribution in [0.15, 0.2) is 22.8 Å². The number of rotatable bonds is 8. The summed E-state index contributed by atoms with van der Waals surface area (Å²) in [6.45, 7) is 1.96. The highest BCUT2D eigenvalue weighted by atomic mass is 16.7. The Hall–Kier alpha value is -2.32. The monoisotopic (exact) mass is 414 g/mol. The Morgan fingerprint density at radius 3 is 2.67 bits per heavy atom. The van der Waals surface area contributed by atoms with Crippen LogP contribution >= 0.6 is 0 Å². The molecule has 8 heteroatoms. The van der Waals surface area contributed by atoms with Gasteiger partial charge in [-0.15, -0.1) is 5.48 Å². The van der Waals surface area contributed by atoms with E-state index in [0.29, 0.717) is 23.7 Å². The third-order valence-electron chi connectivity index (χ3n) is 6.08. The average Bonchev–Trinajstić information content (AvgIpc) is 3.44. The van der Waals surface area contributed by atoms with Crippen molar-refractivity contribution in [2.24, 2.45) is 22.5 Å². The first-order valence-electron chi connectivity index (χ1n) is 11.1. The number of nitrogens with zero attached hydrogens (tertiary/aromatic N) is 3. The molecular formula is C22H34N6O2. The Balaban J connectivity index is 1.47. The van der Waals surface area contributed by atoms with Gasteiger partial charge in [-0.25, -0.2) is 15.8 Å². The molecule has 1 aromatic rings. The number of hydrazine groups is 1. The Morgan fingerprint density at radius 2 is 2.00 bits per heavy atom. The van der Waals surface area contributed by atoms with Crippen molar-refractivity contribution in [1.82, 2.24) is 15.5 Å². The van der Waals surface area contributed by atoms with Crippen molar-refractivity contribution >= 4 is 11.6 Å². The summed E-state index contributed by atoms with van der Waals surface area (Å²) < 4.78 is 6.18. The molecular weight excluding hydrogens is 380 g/mol. The summed E-state index contributed by atoms with van der Waals surface area (Å²) in [7, 11) is 1.76. The summed E-state index contributed by atoms with van der Waals surface area (Å²) in [5.74, 6) is 8.29. The summed E-state index contributed by atoms with van der Waals surface area (Å²) in [4.78, 5) is 14.9. The molecule has 1 atom stereocenters. The lowest BCUT2D eigenvalue weighted by Gasteiger charge is -2.24. The van der Waals surface area contributed by atoms with Crippen molar-refractivity contribution in [1.29, 1.82) is 0 Å². The number of ether oxygens (including phenoxy) is 1. The van der Waals surface area contributed by atoms with Gasteiger partial charge in [0.05, 0.1) is 35.3 Å². The first-order valence-corrected chi connectivity index (χ1v) is 11.1. The minimum Gasteiger partial charge on any atom is -0.489 e. The lowest BCUT2D eigenvalue weighted by Crippen LogP contribution is -2.30.